The molecule has 0 unspecified atom stereocenters. The molecule has 3 aromatic heterocycles. The molecule has 0 radical (unpaired) electrons. The number of fused-ring (bicyclic) bond motifs is 6. The summed E-state index contributed by atoms with van der Waals surface area (Å²) in [6.45, 7) is 20.9. The Morgan fingerprint density at radius 2 is 1.79 bits per heavy atom. The quantitative estimate of drug-likeness (QED) is 0.135. The largest absolute Gasteiger partial charge is 0.484 e. The van der Waals surface area contributed by atoms with E-state index >= 15 is 4.39 Å². The Hall–Kier alpha value is -5.96. The summed E-state index contributed by atoms with van der Waals surface area (Å²) in [4.78, 5) is 85.0. The fraction of sp³-hybridized carbons (Fsp3) is 0.582. The number of aromatic nitrogens is 3. The fourth-order valence-electron chi connectivity index (χ4n) is 11.3. The number of nitrogens with zero attached hydrogens (tertiary/aromatic N) is 7. The van der Waals surface area contributed by atoms with Gasteiger partial charge in [-0.1, -0.05) is 34.3 Å². The van der Waals surface area contributed by atoms with Gasteiger partial charge in [0, 0.05) is 93.5 Å². The number of amides is 4. The first kappa shape index (κ1) is 53.9. The maximum absolute atomic E-state index is 16.5. The monoisotopic (exact) mass is 1050 g/mol. The minimum Gasteiger partial charge on any atom is -0.484 e. The van der Waals surface area contributed by atoms with Crippen LogP contribution in [-0.2, 0) is 57.6 Å². The second kappa shape index (κ2) is 21.2. The predicted octanol–water partition coefficient (Wildman–Crippen LogP) is 6.19. The van der Waals surface area contributed by atoms with Crippen LogP contribution in [0.2, 0.25) is 0 Å². The maximum atomic E-state index is 16.5. The zero-order valence-electron chi connectivity index (χ0n) is 44.8. The summed E-state index contributed by atoms with van der Waals surface area (Å²) in [6, 6.07) is 3.14. The van der Waals surface area contributed by atoms with Crippen LogP contribution in [0, 0.1) is 11.3 Å². The number of rotatable bonds is 10. The molecular formula is C55H72FN9O9S. The summed E-state index contributed by atoms with van der Waals surface area (Å²) >= 11 is 1.34. The number of benzene rings is 1. The van der Waals surface area contributed by atoms with Crippen LogP contribution in [0.1, 0.15) is 96.5 Å². The predicted molar refractivity (Wildman–Crippen MR) is 283 cm³/mol. The summed E-state index contributed by atoms with van der Waals surface area (Å²) in [6.07, 6.45) is 3.61. The summed E-state index contributed by atoms with van der Waals surface area (Å²) in [5.74, 6) is -2.70. The standard InChI is InChI=1S/C55H72FN9O9S/c1-11-44(66)63-17-14-55(56,15-18-63)52(70)61(9)46(32(2)3)49(67)59-40-26-43-58-41(29-75-43)34-23-36-38(27-53(5,6)31-73-51(69)39-13-12-16-65(60-39)50(40)68)47(64-30-54(7,8)74-42(24-34)48(36)64)37-25-35(62-19-21-72-22-20-62)28-57-45(37)33(4)71-10/h11,23-25,28-29,32-33,39-40,46,60H,1,12-22,26-27,30-31H2,2-10H3,(H,59,67)/t33-,39-,40-,46-/m0/s1. The average Bonchev–Trinajstić information content (AvgIpc) is 3.98. The Balaban J connectivity index is 1.13. The van der Waals surface area contributed by atoms with Crippen molar-refractivity contribution in [3.8, 4) is 28.3 Å². The fourth-order valence-corrected chi connectivity index (χ4v) is 12.2. The van der Waals surface area contributed by atoms with Gasteiger partial charge in [-0.2, -0.15) is 0 Å². The number of cyclic esters (lactones) is 1. The van der Waals surface area contributed by atoms with E-state index in [-0.39, 0.29) is 57.5 Å². The number of hydrogen-bond acceptors (Lipinski definition) is 14. The number of pyridine rings is 1. The number of likely N-dealkylation sites (tertiary alicyclic amines) is 1. The Kier molecular flexibility index (Phi) is 15.2. The van der Waals surface area contributed by atoms with E-state index in [1.165, 1.54) is 28.3 Å². The van der Waals surface area contributed by atoms with Gasteiger partial charge >= 0.3 is 5.97 Å². The van der Waals surface area contributed by atoms with Crippen LogP contribution >= 0.6 is 11.3 Å². The second-order valence-electron chi connectivity index (χ2n) is 22.5. The molecule has 1 aromatic carbocycles. The highest BCUT2D eigenvalue weighted by molar-refractivity contribution is 7.10. The molecule has 4 atom stereocenters. The Morgan fingerprint density at radius 3 is 2.48 bits per heavy atom. The Morgan fingerprint density at radius 1 is 1.05 bits per heavy atom. The van der Waals surface area contributed by atoms with Crippen LogP contribution < -0.4 is 20.4 Å². The molecule has 0 spiro atoms. The third-order valence-electron chi connectivity index (χ3n) is 15.3. The lowest BCUT2D eigenvalue weighted by molar-refractivity contribution is -0.156. The van der Waals surface area contributed by atoms with Crippen molar-refractivity contribution in [3.05, 3.63) is 58.7 Å². The minimum absolute atomic E-state index is 0.0209. The lowest BCUT2D eigenvalue weighted by atomic mass is 9.84. The van der Waals surface area contributed by atoms with Gasteiger partial charge in [0.25, 0.3) is 11.8 Å². The zero-order chi connectivity index (χ0) is 53.7. The first-order chi connectivity index (χ1) is 35.6. The molecule has 4 amide bonds. The number of thiazole rings is 1. The molecule has 3 fully saturated rings. The number of methoxy groups -OCH3 is 1. The molecule has 5 aliphatic heterocycles. The van der Waals surface area contributed by atoms with Gasteiger partial charge in [-0.3, -0.25) is 34.0 Å². The summed E-state index contributed by atoms with van der Waals surface area (Å²) in [5, 5.41) is 7.75. The molecule has 75 heavy (non-hydrogen) atoms. The molecule has 4 aromatic rings. The summed E-state index contributed by atoms with van der Waals surface area (Å²) in [5.41, 5.74) is 6.61. The molecular weight excluding hydrogens is 982 g/mol. The topological polar surface area (TPSA) is 190 Å². The molecule has 5 aliphatic rings. The van der Waals surface area contributed by atoms with Crippen LogP contribution in [0.5, 0.6) is 5.75 Å². The maximum Gasteiger partial charge on any atom is 0.324 e. The molecule has 0 aliphatic carbocycles. The zero-order valence-corrected chi connectivity index (χ0v) is 45.6. The number of hydrazine groups is 1. The number of carbonyl (C=O) groups is 5. The summed E-state index contributed by atoms with van der Waals surface area (Å²) < 4.78 is 43.7. The van der Waals surface area contributed by atoms with Crippen molar-refractivity contribution in [1.29, 1.82) is 0 Å². The van der Waals surface area contributed by atoms with Crippen molar-refractivity contribution >= 4 is 57.5 Å². The lowest BCUT2D eigenvalue weighted by Crippen LogP contribution is -2.63. The van der Waals surface area contributed by atoms with E-state index in [0.29, 0.717) is 55.5 Å². The molecule has 18 nitrogen and oxygen atoms in total. The van der Waals surface area contributed by atoms with Gasteiger partial charge in [0.05, 0.1) is 72.0 Å². The third kappa shape index (κ3) is 10.9. The molecule has 2 N–H and O–H groups in total. The highest BCUT2D eigenvalue weighted by Gasteiger charge is 2.47. The number of hydrogen-bond donors (Lipinski definition) is 2. The number of esters is 1. The minimum atomic E-state index is -2.31. The highest BCUT2D eigenvalue weighted by Crippen LogP contribution is 2.49. The van der Waals surface area contributed by atoms with Gasteiger partial charge in [-0.05, 0) is 75.8 Å². The molecule has 6 bridgehead atoms. The highest BCUT2D eigenvalue weighted by atomic mass is 32.1. The van der Waals surface area contributed by atoms with Crippen LogP contribution in [0.3, 0.4) is 0 Å². The summed E-state index contributed by atoms with van der Waals surface area (Å²) in [7, 11) is 3.08. The van der Waals surface area contributed by atoms with E-state index in [9.17, 15) is 24.0 Å². The number of nitrogens with one attached hydrogen (secondary N) is 2. The number of ether oxygens (including phenoxy) is 4. The Labute approximate surface area is 442 Å². The number of piperidine rings is 1. The van der Waals surface area contributed by atoms with Gasteiger partial charge in [0.1, 0.15) is 29.5 Å². The van der Waals surface area contributed by atoms with Gasteiger partial charge in [0.2, 0.25) is 11.8 Å². The molecule has 0 saturated carbocycles. The molecule has 8 heterocycles. The van der Waals surface area contributed by atoms with Crippen molar-refractivity contribution in [2.75, 3.05) is 71.6 Å². The first-order valence-corrected chi connectivity index (χ1v) is 27.1. The van der Waals surface area contributed by atoms with Gasteiger partial charge in [-0.25, -0.2) is 14.8 Å². The SMILES string of the molecule is C=CC(=O)N1CCC(F)(C(=O)N(C)[C@H](C(=O)N[C@H]2Cc3nc(cs3)-c3cc4c5c(c3)c(c(-c3cc(N6CCOCC6)cnc3[C@H](C)OC)n5CC(C)(C)O4)CC(C)(C)COC(=O)[C@@H]3CCCN(N3)C2=O)C(C)C)CC1. The van der Waals surface area contributed by atoms with E-state index in [1.807, 2.05) is 24.6 Å². The van der Waals surface area contributed by atoms with E-state index in [1.54, 1.807) is 21.0 Å². The second-order valence-corrected chi connectivity index (χ2v) is 23.4. The number of morpholine rings is 1. The average molecular weight is 1050 g/mol. The Bertz CT molecular complexity index is 2870. The smallest absolute Gasteiger partial charge is 0.324 e. The van der Waals surface area contributed by atoms with Crippen LogP contribution in [0.15, 0.2) is 42.4 Å². The van der Waals surface area contributed by atoms with Crippen molar-refractivity contribution in [3.63, 3.8) is 0 Å². The molecule has 9 rings (SSSR count). The van der Waals surface area contributed by atoms with E-state index in [0.717, 1.165) is 68.7 Å². The van der Waals surface area contributed by atoms with Crippen LogP contribution in [0.25, 0.3) is 33.4 Å². The van der Waals surface area contributed by atoms with Gasteiger partial charge in [0.15, 0.2) is 5.67 Å². The first-order valence-electron chi connectivity index (χ1n) is 26.2. The number of alkyl halides is 1. The molecule has 404 valence electrons. The van der Waals surface area contributed by atoms with Crippen molar-refractivity contribution in [2.24, 2.45) is 11.3 Å². The lowest BCUT2D eigenvalue weighted by Gasteiger charge is -2.40. The third-order valence-corrected chi connectivity index (χ3v) is 16.2. The van der Waals surface area contributed by atoms with Crippen LogP contribution in [0.4, 0.5) is 10.1 Å². The van der Waals surface area contributed by atoms with Crippen molar-refractivity contribution in [2.45, 2.75) is 129 Å². The van der Waals surface area contributed by atoms with E-state index in [4.69, 9.17) is 28.9 Å². The number of anilines is 1. The number of carbonyl (C=O) groups excluding carboxylic acids is 5. The number of halogens is 1. The normalized spacial score (nSPS) is 22.4. The molecule has 20 heteroatoms. The van der Waals surface area contributed by atoms with Gasteiger partial charge < -0.3 is 43.5 Å². The van der Waals surface area contributed by atoms with Crippen LogP contribution in [-0.4, -0.2) is 155 Å². The van der Waals surface area contributed by atoms with Crippen molar-refractivity contribution < 1.29 is 47.3 Å². The molecule has 3 saturated heterocycles. The number of likely N-dealkylation sites (N-methyl/N-ethyl adjacent to an activating group) is 1. The van der Waals surface area contributed by atoms with Crippen molar-refractivity contribution in [1.82, 2.24) is 40.1 Å². The van der Waals surface area contributed by atoms with E-state index < -0.39 is 64.4 Å². The van der Waals surface area contributed by atoms with E-state index in [2.05, 4.69) is 66.6 Å². The van der Waals surface area contributed by atoms with Gasteiger partial charge in [-0.15, -0.1) is 11.3 Å².